The molecule has 3 aromatic heterocycles. The fourth-order valence-electron chi connectivity index (χ4n) is 6.31. The van der Waals surface area contributed by atoms with Crippen molar-refractivity contribution in [3.8, 4) is 22.5 Å². The number of rotatable bonds is 6. The van der Waals surface area contributed by atoms with E-state index in [1.54, 1.807) is 30.9 Å². The molecule has 2 bridgehead atoms. The third-order valence-corrected chi connectivity index (χ3v) is 8.96. The Hall–Kier alpha value is -3.64. The summed E-state index contributed by atoms with van der Waals surface area (Å²) < 4.78 is 53.1. The first-order valence-electron chi connectivity index (χ1n) is 12.2. The third-order valence-electron chi connectivity index (χ3n) is 8.21. The molecule has 0 radical (unpaired) electrons. The summed E-state index contributed by atoms with van der Waals surface area (Å²) in [5.74, 6) is -1.49. The first-order chi connectivity index (χ1) is 18.0. The lowest BCUT2D eigenvalue weighted by molar-refractivity contribution is 0.242. The van der Waals surface area contributed by atoms with E-state index in [4.69, 9.17) is 10.1 Å². The number of aryl methyl sites for hydroxylation is 1. The molecule has 1 fully saturated rings. The Kier molecular flexibility index (Phi) is 5.48. The zero-order valence-electron chi connectivity index (χ0n) is 20.8. The molecule has 196 valence electrons. The van der Waals surface area contributed by atoms with Crippen LogP contribution in [-0.2, 0) is 22.0 Å². The summed E-state index contributed by atoms with van der Waals surface area (Å²) in [4.78, 5) is 9.45. The standard InChI is InChI=1S/C26H25F2N7O2S/c1-25(2)17-6-7-26(25,24-16(17)10-20(33-34-24)23-18(27)4-3-5-19(23)28)22-13-30-12-21(32-22)15-11-31-35(14-15)8-9-38(29,36)37/h3-5,10-14,17H,6-9H2,1-2H3,(H2,29,36,37)/t17-,26-/m0/s1. The van der Waals surface area contributed by atoms with Crippen molar-refractivity contribution in [3.05, 3.63) is 77.6 Å². The summed E-state index contributed by atoms with van der Waals surface area (Å²) in [5, 5.41) is 18.2. The number of halogens is 2. The Morgan fingerprint density at radius 2 is 1.87 bits per heavy atom. The number of hydrogen-bond acceptors (Lipinski definition) is 7. The van der Waals surface area contributed by atoms with Gasteiger partial charge in [0, 0.05) is 18.0 Å². The molecule has 0 spiro atoms. The van der Waals surface area contributed by atoms with Gasteiger partial charge in [-0.15, -0.1) is 5.10 Å². The first-order valence-corrected chi connectivity index (χ1v) is 13.9. The normalized spacial score (nSPS) is 21.6. The summed E-state index contributed by atoms with van der Waals surface area (Å²) in [6.07, 6.45) is 8.33. The van der Waals surface area contributed by atoms with Crippen LogP contribution in [0.2, 0.25) is 0 Å². The lowest BCUT2D eigenvalue weighted by Gasteiger charge is -2.37. The van der Waals surface area contributed by atoms with Crippen LogP contribution in [0.3, 0.4) is 0 Å². The topological polar surface area (TPSA) is 130 Å². The molecule has 1 saturated carbocycles. The van der Waals surface area contributed by atoms with Crippen molar-refractivity contribution in [1.29, 1.82) is 0 Å². The van der Waals surface area contributed by atoms with E-state index >= 15 is 0 Å². The molecule has 1 aromatic carbocycles. The zero-order chi connectivity index (χ0) is 26.9. The van der Waals surface area contributed by atoms with Gasteiger partial charge in [0.05, 0.1) is 58.4 Å². The van der Waals surface area contributed by atoms with Crippen LogP contribution >= 0.6 is 0 Å². The predicted octanol–water partition coefficient (Wildman–Crippen LogP) is 3.57. The van der Waals surface area contributed by atoms with E-state index in [1.165, 1.54) is 22.9 Å². The molecule has 2 aliphatic carbocycles. The highest BCUT2D eigenvalue weighted by Gasteiger charge is 2.65. The zero-order valence-corrected chi connectivity index (χ0v) is 21.6. The summed E-state index contributed by atoms with van der Waals surface area (Å²) in [6, 6.07) is 5.51. The average molecular weight is 538 g/mol. The van der Waals surface area contributed by atoms with Gasteiger partial charge in [-0.05, 0) is 47.9 Å². The van der Waals surface area contributed by atoms with Gasteiger partial charge in [0.15, 0.2) is 0 Å². The lowest BCUT2D eigenvalue weighted by Crippen LogP contribution is -2.38. The predicted molar refractivity (Wildman–Crippen MR) is 135 cm³/mol. The Balaban J connectivity index is 1.41. The van der Waals surface area contributed by atoms with Gasteiger partial charge in [-0.2, -0.15) is 10.2 Å². The smallest absolute Gasteiger partial charge is 0.210 e. The Morgan fingerprint density at radius 3 is 2.61 bits per heavy atom. The van der Waals surface area contributed by atoms with Gasteiger partial charge in [-0.1, -0.05) is 19.9 Å². The highest BCUT2D eigenvalue weighted by atomic mass is 32.2. The number of benzene rings is 1. The molecular weight excluding hydrogens is 512 g/mol. The minimum absolute atomic E-state index is 0.105. The monoisotopic (exact) mass is 537 g/mol. The van der Waals surface area contributed by atoms with E-state index in [1.807, 2.05) is 0 Å². The summed E-state index contributed by atoms with van der Waals surface area (Å²) >= 11 is 0. The fourth-order valence-corrected chi connectivity index (χ4v) is 6.75. The number of fused-ring (bicyclic) bond motifs is 5. The lowest BCUT2D eigenvalue weighted by atomic mass is 9.66. The molecular formula is C26H25F2N7O2S. The molecule has 38 heavy (non-hydrogen) atoms. The molecule has 0 aliphatic heterocycles. The second-order valence-corrected chi connectivity index (χ2v) is 12.2. The quantitative estimate of drug-likeness (QED) is 0.398. The van der Waals surface area contributed by atoms with Crippen LogP contribution in [-0.4, -0.2) is 44.1 Å². The molecule has 9 nitrogen and oxygen atoms in total. The van der Waals surface area contributed by atoms with E-state index in [0.29, 0.717) is 11.3 Å². The van der Waals surface area contributed by atoms with Crippen LogP contribution in [0, 0.1) is 17.0 Å². The van der Waals surface area contributed by atoms with Crippen LogP contribution in [0.5, 0.6) is 0 Å². The van der Waals surface area contributed by atoms with Gasteiger partial charge in [0.1, 0.15) is 11.6 Å². The second kappa shape index (κ2) is 8.43. The number of nitrogens with zero attached hydrogens (tertiary/aromatic N) is 6. The summed E-state index contributed by atoms with van der Waals surface area (Å²) in [7, 11) is -3.61. The average Bonchev–Trinajstić information content (AvgIpc) is 3.50. The minimum atomic E-state index is -3.61. The van der Waals surface area contributed by atoms with Gasteiger partial charge >= 0.3 is 0 Å². The molecule has 2 aliphatic rings. The van der Waals surface area contributed by atoms with Crippen molar-refractivity contribution in [2.24, 2.45) is 10.6 Å². The molecule has 4 aromatic rings. The highest BCUT2D eigenvalue weighted by Crippen LogP contribution is 2.69. The molecule has 0 unspecified atom stereocenters. The van der Waals surface area contributed by atoms with E-state index in [0.717, 1.165) is 29.8 Å². The Bertz CT molecular complexity index is 1670. The summed E-state index contributed by atoms with van der Waals surface area (Å²) in [5.41, 5.74) is 2.80. The van der Waals surface area contributed by atoms with E-state index < -0.39 is 27.1 Å². The molecule has 3 heterocycles. The second-order valence-electron chi connectivity index (χ2n) is 10.5. The van der Waals surface area contributed by atoms with Gasteiger partial charge in [0.25, 0.3) is 0 Å². The molecule has 6 rings (SSSR count). The number of primary sulfonamides is 1. The van der Waals surface area contributed by atoms with Crippen molar-refractivity contribution >= 4 is 10.0 Å². The van der Waals surface area contributed by atoms with Crippen molar-refractivity contribution < 1.29 is 17.2 Å². The Labute approximate surface area is 218 Å². The maximum Gasteiger partial charge on any atom is 0.210 e. The van der Waals surface area contributed by atoms with Crippen molar-refractivity contribution in [1.82, 2.24) is 29.9 Å². The van der Waals surface area contributed by atoms with Crippen LogP contribution in [0.15, 0.2) is 49.1 Å². The molecule has 2 atom stereocenters. The molecule has 12 heteroatoms. The van der Waals surface area contributed by atoms with E-state index in [2.05, 4.69) is 34.1 Å². The Morgan fingerprint density at radius 1 is 1.11 bits per heavy atom. The third kappa shape index (κ3) is 3.65. The van der Waals surface area contributed by atoms with Gasteiger partial charge < -0.3 is 0 Å². The van der Waals surface area contributed by atoms with Crippen molar-refractivity contribution in [2.75, 3.05) is 5.75 Å². The maximum absolute atomic E-state index is 14.5. The largest absolute Gasteiger partial charge is 0.271 e. The number of nitrogens with two attached hydrogens (primary N) is 1. The first kappa shape index (κ1) is 24.7. The van der Waals surface area contributed by atoms with Crippen LogP contribution in [0.25, 0.3) is 22.5 Å². The SMILES string of the molecule is CC1(C)[C@H]2CC[C@]1(c1cncc(-c3cnn(CCS(N)(=O)=O)c3)n1)c1nnc(-c3c(F)cccc3F)cc12. The molecule has 0 saturated heterocycles. The van der Waals surface area contributed by atoms with Crippen LogP contribution in [0.4, 0.5) is 8.78 Å². The highest BCUT2D eigenvalue weighted by molar-refractivity contribution is 7.89. The van der Waals surface area contributed by atoms with E-state index in [9.17, 15) is 17.2 Å². The number of aromatic nitrogens is 6. The fraction of sp³-hybridized carbons (Fsp3) is 0.346. The van der Waals surface area contributed by atoms with Gasteiger partial charge in [-0.25, -0.2) is 27.3 Å². The van der Waals surface area contributed by atoms with Gasteiger partial charge in [0.2, 0.25) is 10.0 Å². The summed E-state index contributed by atoms with van der Waals surface area (Å²) in [6.45, 7) is 4.45. The van der Waals surface area contributed by atoms with Gasteiger partial charge in [-0.3, -0.25) is 9.67 Å². The van der Waals surface area contributed by atoms with Crippen LogP contribution in [0.1, 0.15) is 49.6 Å². The van der Waals surface area contributed by atoms with Crippen molar-refractivity contribution in [3.63, 3.8) is 0 Å². The molecule has 2 N–H and O–H groups in total. The minimum Gasteiger partial charge on any atom is -0.271 e. The number of hydrogen-bond donors (Lipinski definition) is 1. The van der Waals surface area contributed by atoms with Crippen molar-refractivity contribution in [2.45, 2.75) is 44.6 Å². The maximum atomic E-state index is 14.5. The molecule has 0 amide bonds. The number of sulfonamides is 1. The van der Waals surface area contributed by atoms with Crippen LogP contribution < -0.4 is 5.14 Å². The van der Waals surface area contributed by atoms with E-state index in [-0.39, 0.29) is 34.9 Å².